The van der Waals surface area contributed by atoms with Crippen molar-refractivity contribution in [3.8, 4) is 0 Å². The van der Waals surface area contributed by atoms with Crippen LogP contribution in [-0.4, -0.2) is 36.9 Å². The maximum atomic E-state index is 11.0. The van der Waals surface area contributed by atoms with Gasteiger partial charge in [-0.25, -0.2) is 0 Å². The highest BCUT2D eigenvalue weighted by Gasteiger charge is 2.20. The summed E-state index contributed by atoms with van der Waals surface area (Å²) in [6.45, 7) is 3.54. The normalized spacial score (nSPS) is 17.1. The van der Waals surface area contributed by atoms with Crippen LogP contribution < -0.4 is 5.32 Å². The molecule has 0 aliphatic heterocycles. The summed E-state index contributed by atoms with van der Waals surface area (Å²) in [5.41, 5.74) is 0. The van der Waals surface area contributed by atoms with Crippen LogP contribution in [-0.2, 0) is 9.53 Å². The molecular formula is C12H23NO3. The minimum atomic E-state index is -0.625. The van der Waals surface area contributed by atoms with Crippen molar-refractivity contribution in [1.29, 1.82) is 0 Å². The fourth-order valence-electron chi connectivity index (χ4n) is 1.68. The van der Waals surface area contributed by atoms with Gasteiger partial charge in [-0.1, -0.05) is 12.8 Å². The van der Waals surface area contributed by atoms with Gasteiger partial charge in [0.05, 0.1) is 19.1 Å². The lowest BCUT2D eigenvalue weighted by Crippen LogP contribution is -2.30. The van der Waals surface area contributed by atoms with E-state index in [4.69, 9.17) is 4.74 Å². The van der Waals surface area contributed by atoms with Crippen molar-refractivity contribution in [1.82, 2.24) is 5.32 Å². The van der Waals surface area contributed by atoms with Gasteiger partial charge in [-0.15, -0.1) is 0 Å². The average Bonchev–Trinajstić information content (AvgIpc) is 3.01. The molecule has 4 nitrogen and oxygen atoms in total. The third kappa shape index (κ3) is 6.80. The Balaban J connectivity index is 1.88. The number of carbonyl (C=O) groups is 1. The number of aliphatic hydroxyl groups is 1. The van der Waals surface area contributed by atoms with Crippen molar-refractivity contribution in [2.45, 2.75) is 45.1 Å². The van der Waals surface area contributed by atoms with Crippen LogP contribution in [0.3, 0.4) is 0 Å². The van der Waals surface area contributed by atoms with Crippen LogP contribution in [0.2, 0.25) is 0 Å². The minimum Gasteiger partial charge on any atom is -0.466 e. The molecule has 1 atom stereocenters. The van der Waals surface area contributed by atoms with Crippen LogP contribution in [0.4, 0.5) is 0 Å². The number of hydrogen-bond donors (Lipinski definition) is 2. The van der Waals surface area contributed by atoms with Gasteiger partial charge in [0, 0.05) is 6.54 Å². The molecule has 2 N–H and O–H groups in total. The number of esters is 1. The highest BCUT2D eigenvalue weighted by Crippen LogP contribution is 2.33. The molecule has 0 saturated heterocycles. The summed E-state index contributed by atoms with van der Waals surface area (Å²) < 4.78 is 4.75. The van der Waals surface area contributed by atoms with E-state index < -0.39 is 6.10 Å². The Kier molecular flexibility index (Phi) is 6.42. The molecule has 0 radical (unpaired) electrons. The van der Waals surface area contributed by atoms with E-state index in [0.717, 1.165) is 18.9 Å². The van der Waals surface area contributed by atoms with Crippen LogP contribution >= 0.6 is 0 Å². The summed E-state index contributed by atoms with van der Waals surface area (Å²) in [7, 11) is 0. The van der Waals surface area contributed by atoms with Gasteiger partial charge in [0.25, 0.3) is 0 Å². The molecule has 0 heterocycles. The van der Waals surface area contributed by atoms with Crippen molar-refractivity contribution in [2.24, 2.45) is 5.92 Å². The Bertz CT molecular complexity index is 204. The summed E-state index contributed by atoms with van der Waals surface area (Å²) in [6.07, 6.45) is 4.71. The van der Waals surface area contributed by atoms with Crippen LogP contribution in [0.15, 0.2) is 0 Å². The largest absolute Gasteiger partial charge is 0.466 e. The lowest BCUT2D eigenvalue weighted by atomic mass is 10.2. The molecule has 94 valence electrons. The second-order valence-corrected chi connectivity index (χ2v) is 4.45. The van der Waals surface area contributed by atoms with E-state index in [1.807, 2.05) is 0 Å². The van der Waals surface area contributed by atoms with Gasteiger partial charge in [0.15, 0.2) is 0 Å². The third-order valence-electron chi connectivity index (χ3n) is 2.75. The van der Waals surface area contributed by atoms with Crippen molar-refractivity contribution >= 4 is 5.97 Å². The third-order valence-corrected chi connectivity index (χ3v) is 2.75. The fourth-order valence-corrected chi connectivity index (χ4v) is 1.68. The number of hydrogen-bond acceptors (Lipinski definition) is 4. The maximum Gasteiger partial charge on any atom is 0.308 e. The highest BCUT2D eigenvalue weighted by atomic mass is 16.5. The molecule has 1 aliphatic carbocycles. The molecule has 0 aromatic rings. The fraction of sp³-hybridized carbons (Fsp3) is 0.917. The molecule has 4 heteroatoms. The van der Waals surface area contributed by atoms with Crippen molar-refractivity contribution < 1.29 is 14.6 Å². The average molecular weight is 229 g/mol. The first-order valence-corrected chi connectivity index (χ1v) is 6.26. The number of aliphatic hydroxyl groups excluding tert-OH is 1. The summed E-state index contributed by atoms with van der Waals surface area (Å²) in [6, 6.07) is 0. The molecule has 1 rings (SSSR count). The molecule has 0 aromatic heterocycles. The number of ether oxygens (including phenoxy) is 1. The Labute approximate surface area is 97.4 Å². The maximum absolute atomic E-state index is 11.0. The smallest absolute Gasteiger partial charge is 0.308 e. The van der Waals surface area contributed by atoms with Crippen LogP contribution in [0.1, 0.15) is 39.0 Å². The topological polar surface area (TPSA) is 58.6 Å². The monoisotopic (exact) mass is 229 g/mol. The molecule has 16 heavy (non-hydrogen) atoms. The lowest BCUT2D eigenvalue weighted by molar-refractivity contribution is -0.145. The summed E-state index contributed by atoms with van der Waals surface area (Å²) >= 11 is 0. The van der Waals surface area contributed by atoms with E-state index >= 15 is 0 Å². The molecular weight excluding hydrogens is 206 g/mol. The first-order valence-electron chi connectivity index (χ1n) is 6.26. The molecule has 0 aromatic carbocycles. The quantitative estimate of drug-likeness (QED) is 0.459. The van der Waals surface area contributed by atoms with Gasteiger partial charge in [-0.05, 0) is 32.2 Å². The second-order valence-electron chi connectivity index (χ2n) is 4.45. The van der Waals surface area contributed by atoms with Crippen LogP contribution in [0.5, 0.6) is 0 Å². The zero-order valence-electron chi connectivity index (χ0n) is 10.1. The predicted octanol–water partition coefficient (Wildman–Crippen LogP) is 1.08. The Morgan fingerprint density at radius 3 is 2.94 bits per heavy atom. The van der Waals surface area contributed by atoms with E-state index in [1.165, 1.54) is 19.3 Å². The standard InChI is InChI=1S/C12H23NO3/c1-2-16-12(15)8-11(14)9-13-7-3-4-10-5-6-10/h10-11,13-14H,2-9H2,1H3. The highest BCUT2D eigenvalue weighted by molar-refractivity contribution is 5.69. The molecule has 1 saturated carbocycles. The summed E-state index contributed by atoms with van der Waals surface area (Å²) in [4.78, 5) is 11.0. The zero-order chi connectivity index (χ0) is 11.8. The SMILES string of the molecule is CCOC(=O)CC(O)CNCCCC1CC1. The van der Waals surface area contributed by atoms with Crippen LogP contribution in [0, 0.1) is 5.92 Å². The number of nitrogens with one attached hydrogen (secondary N) is 1. The van der Waals surface area contributed by atoms with Gasteiger partial charge in [0.1, 0.15) is 0 Å². The molecule has 1 unspecified atom stereocenters. The van der Waals surface area contributed by atoms with Crippen molar-refractivity contribution in [3.63, 3.8) is 0 Å². The summed E-state index contributed by atoms with van der Waals surface area (Å²) in [5, 5.41) is 12.7. The van der Waals surface area contributed by atoms with Gasteiger partial charge in [-0.3, -0.25) is 4.79 Å². The van der Waals surface area contributed by atoms with Crippen LogP contribution in [0.25, 0.3) is 0 Å². The number of carbonyl (C=O) groups excluding carboxylic acids is 1. The van der Waals surface area contributed by atoms with E-state index in [2.05, 4.69) is 5.32 Å². The zero-order valence-corrected chi connectivity index (χ0v) is 10.1. The summed E-state index contributed by atoms with van der Waals surface area (Å²) in [5.74, 6) is 0.640. The van der Waals surface area contributed by atoms with E-state index in [-0.39, 0.29) is 12.4 Å². The Hall–Kier alpha value is -0.610. The molecule has 1 fully saturated rings. The first-order chi connectivity index (χ1) is 7.72. The van der Waals surface area contributed by atoms with E-state index in [0.29, 0.717) is 13.2 Å². The van der Waals surface area contributed by atoms with E-state index in [1.54, 1.807) is 6.92 Å². The van der Waals surface area contributed by atoms with Gasteiger partial charge in [0.2, 0.25) is 0 Å². The lowest BCUT2D eigenvalue weighted by Gasteiger charge is -2.10. The molecule has 1 aliphatic rings. The van der Waals surface area contributed by atoms with Gasteiger partial charge in [-0.2, -0.15) is 0 Å². The van der Waals surface area contributed by atoms with Crippen molar-refractivity contribution in [3.05, 3.63) is 0 Å². The Morgan fingerprint density at radius 2 is 2.31 bits per heavy atom. The van der Waals surface area contributed by atoms with E-state index in [9.17, 15) is 9.90 Å². The second kappa shape index (κ2) is 7.63. The predicted molar refractivity (Wildman–Crippen MR) is 62.1 cm³/mol. The van der Waals surface area contributed by atoms with Crippen molar-refractivity contribution in [2.75, 3.05) is 19.7 Å². The first kappa shape index (κ1) is 13.5. The minimum absolute atomic E-state index is 0.0868. The Morgan fingerprint density at radius 1 is 1.56 bits per heavy atom. The molecule has 0 spiro atoms. The van der Waals surface area contributed by atoms with Gasteiger partial charge < -0.3 is 15.2 Å². The van der Waals surface area contributed by atoms with Gasteiger partial charge >= 0.3 is 5.97 Å². The molecule has 0 amide bonds. The molecule has 0 bridgehead atoms. The number of rotatable bonds is 9.